The van der Waals surface area contributed by atoms with Gasteiger partial charge in [-0.3, -0.25) is 0 Å². The van der Waals surface area contributed by atoms with E-state index in [1.807, 2.05) is 0 Å². The normalized spacial score (nSPS) is 11.9. The van der Waals surface area contributed by atoms with Crippen LogP contribution in [0.2, 0.25) is 0 Å². The smallest absolute Gasteiger partial charge is 0.326 e. The standard InChI is InChI=1S/C8H6F4IN/c9-6-2-7(13)4(3-14)1-5(6)8(10,11)12/h1-2H,3,14H2. The minimum Gasteiger partial charge on any atom is -0.326 e. The second-order valence-corrected chi connectivity index (χ2v) is 3.79. The highest BCUT2D eigenvalue weighted by Gasteiger charge is 2.34. The molecule has 0 atom stereocenters. The van der Waals surface area contributed by atoms with Gasteiger partial charge in [0.25, 0.3) is 0 Å². The van der Waals surface area contributed by atoms with Gasteiger partial charge < -0.3 is 5.73 Å². The molecular weight excluding hydrogens is 313 g/mol. The Kier molecular flexibility index (Phi) is 3.36. The number of alkyl halides is 3. The van der Waals surface area contributed by atoms with Gasteiger partial charge in [-0.25, -0.2) is 4.39 Å². The summed E-state index contributed by atoms with van der Waals surface area (Å²) in [6, 6.07) is 1.59. The van der Waals surface area contributed by atoms with Crippen LogP contribution in [-0.2, 0) is 12.7 Å². The van der Waals surface area contributed by atoms with Crippen LogP contribution in [0.4, 0.5) is 17.6 Å². The Bertz CT molecular complexity index is 348. The van der Waals surface area contributed by atoms with Crippen LogP contribution in [0, 0.1) is 9.39 Å². The van der Waals surface area contributed by atoms with Crippen LogP contribution in [0.5, 0.6) is 0 Å². The summed E-state index contributed by atoms with van der Waals surface area (Å²) in [4.78, 5) is 0. The van der Waals surface area contributed by atoms with Gasteiger partial charge in [0.05, 0.1) is 5.56 Å². The van der Waals surface area contributed by atoms with Crippen LogP contribution in [0.25, 0.3) is 0 Å². The monoisotopic (exact) mass is 319 g/mol. The molecule has 1 nitrogen and oxygen atoms in total. The van der Waals surface area contributed by atoms with E-state index in [0.717, 1.165) is 12.1 Å². The molecule has 2 N–H and O–H groups in total. The highest BCUT2D eigenvalue weighted by atomic mass is 127. The number of rotatable bonds is 1. The van der Waals surface area contributed by atoms with Crippen molar-refractivity contribution < 1.29 is 17.6 Å². The Labute approximate surface area is 91.4 Å². The van der Waals surface area contributed by atoms with Crippen molar-refractivity contribution in [2.45, 2.75) is 12.7 Å². The molecule has 0 bridgehead atoms. The summed E-state index contributed by atoms with van der Waals surface area (Å²) < 4.78 is 49.9. The highest BCUT2D eigenvalue weighted by molar-refractivity contribution is 14.1. The van der Waals surface area contributed by atoms with Gasteiger partial charge >= 0.3 is 6.18 Å². The third-order valence-electron chi connectivity index (χ3n) is 1.66. The first kappa shape index (κ1) is 11.7. The zero-order valence-electron chi connectivity index (χ0n) is 6.83. The van der Waals surface area contributed by atoms with Crippen molar-refractivity contribution in [1.82, 2.24) is 0 Å². The van der Waals surface area contributed by atoms with Crippen molar-refractivity contribution in [3.63, 3.8) is 0 Å². The second kappa shape index (κ2) is 4.01. The Balaban J connectivity index is 3.32. The third kappa shape index (κ3) is 2.35. The number of hydrogen-bond donors (Lipinski definition) is 1. The predicted octanol–water partition coefficient (Wildman–Crippen LogP) is 2.91. The average Bonchev–Trinajstić information content (AvgIpc) is 2.02. The Morgan fingerprint density at radius 1 is 1.29 bits per heavy atom. The van der Waals surface area contributed by atoms with E-state index in [1.54, 1.807) is 22.6 Å². The van der Waals surface area contributed by atoms with Crippen LogP contribution >= 0.6 is 22.6 Å². The molecule has 1 aromatic carbocycles. The zero-order chi connectivity index (χ0) is 10.9. The lowest BCUT2D eigenvalue weighted by Gasteiger charge is -2.10. The van der Waals surface area contributed by atoms with Crippen LogP contribution in [0.15, 0.2) is 12.1 Å². The molecule has 0 unspecified atom stereocenters. The SMILES string of the molecule is NCc1cc(C(F)(F)F)c(F)cc1I. The molecule has 1 rings (SSSR count). The first-order valence-electron chi connectivity index (χ1n) is 3.61. The fraction of sp³-hybridized carbons (Fsp3) is 0.250. The quantitative estimate of drug-likeness (QED) is 0.625. The Hall–Kier alpha value is -0.370. The van der Waals surface area contributed by atoms with E-state index in [1.165, 1.54) is 0 Å². The summed E-state index contributed by atoms with van der Waals surface area (Å²) in [6.45, 7) is -0.0400. The van der Waals surface area contributed by atoms with E-state index in [2.05, 4.69) is 0 Å². The van der Waals surface area contributed by atoms with Gasteiger partial charge in [0.1, 0.15) is 5.82 Å². The maximum Gasteiger partial charge on any atom is 0.419 e. The Morgan fingerprint density at radius 3 is 2.29 bits per heavy atom. The van der Waals surface area contributed by atoms with E-state index >= 15 is 0 Å². The van der Waals surface area contributed by atoms with Gasteiger partial charge in [0, 0.05) is 10.1 Å². The highest BCUT2D eigenvalue weighted by Crippen LogP contribution is 2.33. The summed E-state index contributed by atoms with van der Waals surface area (Å²) in [5, 5.41) is 0. The van der Waals surface area contributed by atoms with E-state index in [4.69, 9.17) is 5.73 Å². The average molecular weight is 319 g/mol. The minimum atomic E-state index is -4.67. The maximum atomic E-state index is 12.9. The third-order valence-corrected chi connectivity index (χ3v) is 2.67. The largest absolute Gasteiger partial charge is 0.419 e. The van der Waals surface area contributed by atoms with Crippen LogP contribution in [0.3, 0.4) is 0 Å². The summed E-state index contributed by atoms with van der Waals surface area (Å²) in [6.07, 6.45) is -4.67. The van der Waals surface area contributed by atoms with E-state index in [0.29, 0.717) is 9.13 Å². The molecule has 0 saturated carbocycles. The van der Waals surface area contributed by atoms with E-state index in [9.17, 15) is 17.6 Å². The lowest BCUT2D eigenvalue weighted by atomic mass is 10.1. The Morgan fingerprint density at radius 2 is 1.86 bits per heavy atom. The lowest BCUT2D eigenvalue weighted by Crippen LogP contribution is -2.11. The van der Waals surface area contributed by atoms with Crippen molar-refractivity contribution in [3.8, 4) is 0 Å². The molecule has 0 aliphatic carbocycles. The molecule has 14 heavy (non-hydrogen) atoms. The molecule has 0 aliphatic heterocycles. The molecule has 0 saturated heterocycles. The molecule has 78 valence electrons. The number of nitrogens with two attached hydrogens (primary N) is 1. The van der Waals surface area contributed by atoms with E-state index in [-0.39, 0.29) is 6.54 Å². The van der Waals surface area contributed by atoms with E-state index < -0.39 is 17.6 Å². The molecule has 0 aromatic heterocycles. The number of hydrogen-bond acceptors (Lipinski definition) is 1. The minimum absolute atomic E-state index is 0.0400. The molecule has 0 aliphatic rings. The van der Waals surface area contributed by atoms with Gasteiger partial charge in [-0.1, -0.05) is 0 Å². The first-order chi connectivity index (χ1) is 6.36. The van der Waals surface area contributed by atoms with Crippen molar-refractivity contribution in [2.75, 3.05) is 0 Å². The molecule has 6 heteroatoms. The first-order valence-corrected chi connectivity index (χ1v) is 4.69. The van der Waals surface area contributed by atoms with Crippen molar-refractivity contribution in [3.05, 3.63) is 32.6 Å². The van der Waals surface area contributed by atoms with Gasteiger partial charge in [-0.15, -0.1) is 0 Å². The predicted molar refractivity (Wildman–Crippen MR) is 52.0 cm³/mol. The summed E-state index contributed by atoms with van der Waals surface area (Å²) >= 11 is 1.74. The molecule has 0 heterocycles. The van der Waals surface area contributed by atoms with Crippen LogP contribution in [-0.4, -0.2) is 0 Å². The fourth-order valence-electron chi connectivity index (χ4n) is 0.967. The number of halogens is 5. The number of benzene rings is 1. The summed E-state index contributed by atoms with van der Waals surface area (Å²) in [7, 11) is 0. The molecule has 0 amide bonds. The second-order valence-electron chi connectivity index (χ2n) is 2.63. The van der Waals surface area contributed by atoms with Gasteiger partial charge in [0.15, 0.2) is 0 Å². The molecule has 0 spiro atoms. The summed E-state index contributed by atoms with van der Waals surface area (Å²) in [5.41, 5.74) is 4.24. The van der Waals surface area contributed by atoms with Gasteiger partial charge in [-0.2, -0.15) is 13.2 Å². The molecule has 0 radical (unpaired) electrons. The topological polar surface area (TPSA) is 26.0 Å². The van der Waals surface area contributed by atoms with Gasteiger partial charge in [-0.05, 0) is 40.3 Å². The van der Waals surface area contributed by atoms with Crippen molar-refractivity contribution >= 4 is 22.6 Å². The van der Waals surface area contributed by atoms with Crippen LogP contribution in [0.1, 0.15) is 11.1 Å². The lowest BCUT2D eigenvalue weighted by molar-refractivity contribution is -0.140. The van der Waals surface area contributed by atoms with Crippen molar-refractivity contribution in [1.29, 1.82) is 0 Å². The van der Waals surface area contributed by atoms with Crippen molar-refractivity contribution in [2.24, 2.45) is 5.73 Å². The van der Waals surface area contributed by atoms with Gasteiger partial charge in [0.2, 0.25) is 0 Å². The molecule has 0 fully saturated rings. The molecule has 1 aromatic rings. The van der Waals surface area contributed by atoms with Crippen LogP contribution < -0.4 is 5.73 Å². The fourth-order valence-corrected chi connectivity index (χ4v) is 1.62. The summed E-state index contributed by atoms with van der Waals surface area (Å²) in [5.74, 6) is -1.26. The maximum absolute atomic E-state index is 12.9. The molecular formula is C8H6F4IN. The zero-order valence-corrected chi connectivity index (χ0v) is 8.99.